The van der Waals surface area contributed by atoms with E-state index in [2.05, 4.69) is 45.0 Å². The Balaban J connectivity index is 1.34. The molecule has 1 amide bonds. The van der Waals surface area contributed by atoms with E-state index in [1.165, 1.54) is 5.56 Å². The van der Waals surface area contributed by atoms with E-state index in [-0.39, 0.29) is 5.91 Å². The molecule has 0 spiro atoms. The molecule has 138 valence electrons. The zero-order chi connectivity index (χ0) is 18.6. The van der Waals surface area contributed by atoms with Crippen LogP contribution in [0.3, 0.4) is 0 Å². The number of nitrogens with zero attached hydrogens (tertiary/aromatic N) is 3. The van der Waals surface area contributed by atoms with Crippen molar-refractivity contribution < 1.29 is 4.79 Å². The summed E-state index contributed by atoms with van der Waals surface area (Å²) >= 11 is 3.93. The quantitative estimate of drug-likeness (QED) is 0.511. The zero-order valence-electron chi connectivity index (χ0n) is 14.8. The molecule has 0 radical (unpaired) electrons. The lowest BCUT2D eigenvalue weighted by molar-refractivity contribution is 0.0626. The van der Waals surface area contributed by atoms with Gasteiger partial charge in [-0.15, -0.1) is 11.3 Å². The third-order valence-electron chi connectivity index (χ3n) is 4.72. The Morgan fingerprint density at radius 3 is 2.44 bits per heavy atom. The molecular weight excluding hydrogens is 469 g/mol. The van der Waals surface area contributed by atoms with Gasteiger partial charge in [-0.25, -0.2) is 4.98 Å². The van der Waals surface area contributed by atoms with Gasteiger partial charge < -0.3 is 4.90 Å². The number of amides is 1. The normalized spacial score (nSPS) is 15.1. The Morgan fingerprint density at radius 1 is 1.00 bits per heavy atom. The summed E-state index contributed by atoms with van der Waals surface area (Å²) in [5.74, 6) is 0.139. The van der Waals surface area contributed by atoms with Crippen LogP contribution < -0.4 is 0 Å². The van der Waals surface area contributed by atoms with Crippen LogP contribution in [0.5, 0.6) is 0 Å². The maximum Gasteiger partial charge on any atom is 0.255 e. The van der Waals surface area contributed by atoms with Crippen LogP contribution in [0.15, 0.2) is 60.0 Å². The number of aromatic nitrogens is 1. The average molecular weight is 489 g/mol. The van der Waals surface area contributed by atoms with Gasteiger partial charge in [-0.3, -0.25) is 9.69 Å². The third kappa shape index (κ3) is 4.39. The first-order valence-electron chi connectivity index (χ1n) is 8.97. The summed E-state index contributed by atoms with van der Waals surface area (Å²) < 4.78 is 1.01. The van der Waals surface area contributed by atoms with Crippen LogP contribution in [0.1, 0.15) is 16.1 Å². The van der Waals surface area contributed by atoms with Crippen LogP contribution in [-0.4, -0.2) is 46.9 Å². The fraction of sp³-hybridized carbons (Fsp3) is 0.238. The molecule has 0 bridgehead atoms. The van der Waals surface area contributed by atoms with Crippen molar-refractivity contribution in [3.63, 3.8) is 0 Å². The first kappa shape index (κ1) is 18.6. The summed E-state index contributed by atoms with van der Waals surface area (Å²) in [6.07, 6.45) is 0. The molecular formula is C21H20IN3OS. The van der Waals surface area contributed by atoms with Gasteiger partial charge in [-0.1, -0.05) is 42.5 Å². The van der Waals surface area contributed by atoms with Crippen LogP contribution in [0.4, 0.5) is 0 Å². The zero-order valence-corrected chi connectivity index (χ0v) is 17.8. The Labute approximate surface area is 177 Å². The van der Waals surface area contributed by atoms with Crippen molar-refractivity contribution in [2.45, 2.75) is 6.54 Å². The Morgan fingerprint density at radius 2 is 1.70 bits per heavy atom. The molecule has 3 aromatic rings. The molecule has 2 aromatic carbocycles. The molecule has 1 aromatic heterocycles. The van der Waals surface area contributed by atoms with Crippen molar-refractivity contribution in [1.82, 2.24) is 14.8 Å². The van der Waals surface area contributed by atoms with E-state index >= 15 is 0 Å². The second-order valence-electron chi connectivity index (χ2n) is 6.56. The lowest BCUT2D eigenvalue weighted by Crippen LogP contribution is -2.48. The summed E-state index contributed by atoms with van der Waals surface area (Å²) in [6.45, 7) is 4.13. The van der Waals surface area contributed by atoms with Crippen molar-refractivity contribution in [2.75, 3.05) is 26.2 Å². The van der Waals surface area contributed by atoms with Gasteiger partial charge >= 0.3 is 0 Å². The van der Waals surface area contributed by atoms with Crippen LogP contribution in [0.2, 0.25) is 0 Å². The van der Waals surface area contributed by atoms with E-state index < -0.39 is 0 Å². The predicted octanol–water partition coefficient (Wildman–Crippen LogP) is 4.37. The summed E-state index contributed by atoms with van der Waals surface area (Å²) in [7, 11) is 0. The van der Waals surface area contributed by atoms with E-state index in [1.54, 1.807) is 11.3 Å². The molecule has 4 rings (SSSR count). The lowest BCUT2D eigenvalue weighted by atomic mass is 10.2. The first-order valence-corrected chi connectivity index (χ1v) is 10.9. The molecule has 0 unspecified atom stereocenters. The van der Waals surface area contributed by atoms with Crippen LogP contribution in [0.25, 0.3) is 10.6 Å². The smallest absolute Gasteiger partial charge is 0.255 e. The number of carbonyl (C=O) groups is 1. The minimum Gasteiger partial charge on any atom is -0.336 e. The minimum absolute atomic E-state index is 0.139. The summed E-state index contributed by atoms with van der Waals surface area (Å²) in [5, 5.41) is 3.21. The van der Waals surface area contributed by atoms with Gasteiger partial charge in [0.25, 0.3) is 5.91 Å². The number of benzene rings is 2. The number of hydrogen-bond acceptors (Lipinski definition) is 4. The van der Waals surface area contributed by atoms with Gasteiger partial charge in [-0.2, -0.15) is 0 Å². The van der Waals surface area contributed by atoms with Gasteiger partial charge in [-0.05, 0) is 34.7 Å². The topological polar surface area (TPSA) is 36.4 Å². The highest BCUT2D eigenvalue weighted by molar-refractivity contribution is 14.1. The van der Waals surface area contributed by atoms with Gasteiger partial charge in [0.1, 0.15) is 5.01 Å². The van der Waals surface area contributed by atoms with E-state index in [9.17, 15) is 4.79 Å². The molecule has 6 heteroatoms. The second-order valence-corrected chi connectivity index (χ2v) is 8.58. The second kappa shape index (κ2) is 8.50. The molecule has 4 nitrogen and oxygen atoms in total. The largest absolute Gasteiger partial charge is 0.336 e. The monoisotopic (exact) mass is 489 g/mol. The Kier molecular flexibility index (Phi) is 5.85. The van der Waals surface area contributed by atoms with Crippen molar-refractivity contribution in [3.05, 3.63) is 74.8 Å². The van der Waals surface area contributed by atoms with Gasteiger partial charge in [0.05, 0.1) is 11.3 Å². The highest BCUT2D eigenvalue weighted by Gasteiger charge is 2.23. The standard InChI is InChI=1S/C21H20IN3OS/c22-19-9-5-4-8-18(19)21(26)25-12-10-24(11-13-25)14-17-15-27-20(23-17)16-6-2-1-3-7-16/h1-9,15H,10-14H2. The highest BCUT2D eigenvalue weighted by Crippen LogP contribution is 2.24. The fourth-order valence-electron chi connectivity index (χ4n) is 3.24. The van der Waals surface area contributed by atoms with E-state index in [0.717, 1.165) is 52.6 Å². The predicted molar refractivity (Wildman–Crippen MR) is 118 cm³/mol. The highest BCUT2D eigenvalue weighted by atomic mass is 127. The van der Waals surface area contributed by atoms with Crippen LogP contribution in [0, 0.1) is 3.57 Å². The first-order chi connectivity index (χ1) is 13.2. The molecule has 27 heavy (non-hydrogen) atoms. The number of hydrogen-bond donors (Lipinski definition) is 0. The molecule has 1 aliphatic heterocycles. The number of halogens is 1. The van der Waals surface area contributed by atoms with Gasteiger partial charge in [0, 0.05) is 47.2 Å². The lowest BCUT2D eigenvalue weighted by Gasteiger charge is -2.34. The van der Waals surface area contributed by atoms with Crippen molar-refractivity contribution in [3.8, 4) is 10.6 Å². The van der Waals surface area contributed by atoms with Gasteiger partial charge in [0.15, 0.2) is 0 Å². The third-order valence-corrected chi connectivity index (χ3v) is 6.60. The summed E-state index contributed by atoms with van der Waals surface area (Å²) in [5.41, 5.74) is 3.08. The number of piperazine rings is 1. The molecule has 1 aliphatic rings. The Hall–Kier alpha value is -1.77. The fourth-order valence-corrected chi connectivity index (χ4v) is 4.67. The van der Waals surface area contributed by atoms with Crippen molar-refractivity contribution in [2.24, 2.45) is 0 Å². The van der Waals surface area contributed by atoms with Crippen LogP contribution in [-0.2, 0) is 6.54 Å². The molecule has 0 N–H and O–H groups in total. The van der Waals surface area contributed by atoms with Crippen molar-refractivity contribution >= 4 is 39.8 Å². The molecule has 1 fully saturated rings. The number of thiazole rings is 1. The SMILES string of the molecule is O=C(c1ccccc1I)N1CCN(Cc2csc(-c3ccccc3)n2)CC1. The maximum atomic E-state index is 12.7. The van der Waals surface area contributed by atoms with Gasteiger partial charge in [0.2, 0.25) is 0 Å². The number of rotatable bonds is 4. The molecule has 2 heterocycles. The number of carbonyl (C=O) groups excluding carboxylic acids is 1. The van der Waals surface area contributed by atoms with E-state index in [0.29, 0.717) is 0 Å². The maximum absolute atomic E-state index is 12.7. The van der Waals surface area contributed by atoms with E-state index in [1.807, 2.05) is 47.4 Å². The van der Waals surface area contributed by atoms with E-state index in [4.69, 9.17) is 4.98 Å². The molecule has 1 saturated heterocycles. The summed E-state index contributed by atoms with van der Waals surface area (Å²) in [6, 6.07) is 18.1. The van der Waals surface area contributed by atoms with Crippen LogP contribution >= 0.6 is 33.9 Å². The molecule has 0 atom stereocenters. The van der Waals surface area contributed by atoms with Crippen molar-refractivity contribution in [1.29, 1.82) is 0 Å². The molecule has 0 saturated carbocycles. The summed E-state index contributed by atoms with van der Waals surface area (Å²) in [4.78, 5) is 21.9. The Bertz CT molecular complexity index is 920. The average Bonchev–Trinajstić information content (AvgIpc) is 3.18. The molecule has 0 aliphatic carbocycles. The minimum atomic E-state index is 0.139.